The molecular weight excluding hydrogens is 238 g/mol. The van der Waals surface area contributed by atoms with Gasteiger partial charge in [0.2, 0.25) is 0 Å². The zero-order valence-corrected chi connectivity index (χ0v) is 10.0. The molecule has 1 aliphatic rings. The number of nitrogens with one attached hydrogen (secondary N) is 1. The smallest absolute Gasteiger partial charge is 0.163 e. The molecule has 3 rings (SSSR count). The first-order chi connectivity index (χ1) is 8.66. The number of hydrogen-bond donors (Lipinski definition) is 1. The molecular formula is C13H14F2N2O. The minimum atomic E-state index is -0.580. The molecule has 5 heteroatoms. The molecule has 2 heterocycles. The van der Waals surface area contributed by atoms with E-state index in [0.29, 0.717) is 29.7 Å². The molecule has 3 nitrogen and oxygen atoms in total. The molecule has 96 valence electrons. The lowest BCUT2D eigenvalue weighted by molar-refractivity contribution is 0.476. The van der Waals surface area contributed by atoms with E-state index in [1.165, 1.54) is 12.3 Å². The summed E-state index contributed by atoms with van der Waals surface area (Å²) in [5, 5.41) is 3.62. The van der Waals surface area contributed by atoms with Gasteiger partial charge in [-0.05, 0) is 13.0 Å². The first-order valence-corrected chi connectivity index (χ1v) is 6.00. The first-order valence-electron chi connectivity index (χ1n) is 6.00. The van der Waals surface area contributed by atoms with Crippen molar-refractivity contribution < 1.29 is 13.2 Å². The van der Waals surface area contributed by atoms with Gasteiger partial charge in [0, 0.05) is 31.7 Å². The van der Waals surface area contributed by atoms with Crippen LogP contribution < -0.4 is 10.2 Å². The molecule has 1 atom stereocenters. The highest BCUT2D eigenvalue weighted by molar-refractivity contribution is 5.90. The van der Waals surface area contributed by atoms with Gasteiger partial charge in [0.1, 0.15) is 11.5 Å². The number of fused-ring (bicyclic) bond motifs is 1. The molecule has 0 radical (unpaired) electrons. The van der Waals surface area contributed by atoms with Crippen molar-refractivity contribution in [1.82, 2.24) is 5.32 Å². The lowest BCUT2D eigenvalue weighted by Gasteiger charge is -2.33. The fourth-order valence-corrected chi connectivity index (χ4v) is 2.48. The van der Waals surface area contributed by atoms with E-state index in [1.54, 1.807) is 0 Å². The molecule has 18 heavy (non-hydrogen) atoms. The monoisotopic (exact) mass is 252 g/mol. The van der Waals surface area contributed by atoms with E-state index in [2.05, 4.69) is 5.32 Å². The summed E-state index contributed by atoms with van der Waals surface area (Å²) in [7, 11) is 0. The highest BCUT2D eigenvalue weighted by Gasteiger charge is 2.24. The van der Waals surface area contributed by atoms with Crippen molar-refractivity contribution >= 4 is 16.7 Å². The number of hydrogen-bond acceptors (Lipinski definition) is 3. The van der Waals surface area contributed by atoms with Crippen LogP contribution in [0.3, 0.4) is 0 Å². The van der Waals surface area contributed by atoms with Crippen molar-refractivity contribution in [3.05, 3.63) is 30.0 Å². The van der Waals surface area contributed by atoms with Gasteiger partial charge in [-0.25, -0.2) is 8.78 Å². The molecule has 1 fully saturated rings. The van der Waals surface area contributed by atoms with Crippen LogP contribution >= 0.6 is 0 Å². The van der Waals surface area contributed by atoms with Crippen molar-refractivity contribution in [2.75, 3.05) is 24.5 Å². The van der Waals surface area contributed by atoms with Gasteiger partial charge in [-0.2, -0.15) is 0 Å². The van der Waals surface area contributed by atoms with Crippen LogP contribution in [0.5, 0.6) is 0 Å². The molecule has 1 aromatic heterocycles. The van der Waals surface area contributed by atoms with Crippen molar-refractivity contribution in [2.45, 2.75) is 13.0 Å². The Morgan fingerprint density at radius 1 is 1.39 bits per heavy atom. The van der Waals surface area contributed by atoms with Crippen LogP contribution in [0, 0.1) is 11.6 Å². The summed E-state index contributed by atoms with van der Waals surface area (Å²) in [4.78, 5) is 1.90. The molecule has 1 saturated heterocycles. The lowest BCUT2D eigenvalue weighted by Crippen LogP contribution is -2.49. The largest absolute Gasteiger partial charge is 0.462 e. The number of rotatable bonds is 1. The Kier molecular flexibility index (Phi) is 2.70. The van der Waals surface area contributed by atoms with Crippen LogP contribution in [0.4, 0.5) is 14.5 Å². The van der Waals surface area contributed by atoms with Crippen LogP contribution in [0.1, 0.15) is 6.92 Å². The third-order valence-electron chi connectivity index (χ3n) is 3.30. The van der Waals surface area contributed by atoms with E-state index in [4.69, 9.17) is 4.42 Å². The number of piperazine rings is 1. The SMILES string of the molecule is CC1CN(c2c(F)cc(F)c3ccoc23)CCN1. The normalized spacial score (nSPS) is 20.6. The fourth-order valence-electron chi connectivity index (χ4n) is 2.48. The highest BCUT2D eigenvalue weighted by Crippen LogP contribution is 2.33. The van der Waals surface area contributed by atoms with E-state index in [0.717, 1.165) is 12.6 Å². The standard InChI is InChI=1S/C13H14F2N2O/c1-8-7-17(4-3-16-8)12-11(15)6-10(14)9-2-5-18-13(9)12/h2,5-6,8,16H,3-4,7H2,1H3. The number of benzene rings is 1. The summed E-state index contributed by atoms with van der Waals surface area (Å²) >= 11 is 0. The third kappa shape index (κ3) is 1.75. The minimum absolute atomic E-state index is 0.271. The number of nitrogens with zero attached hydrogens (tertiary/aromatic N) is 1. The Hall–Kier alpha value is -1.62. The maximum absolute atomic E-state index is 14.0. The Labute approximate surface area is 103 Å². The van der Waals surface area contributed by atoms with Gasteiger partial charge in [-0.15, -0.1) is 0 Å². The van der Waals surface area contributed by atoms with E-state index in [1.807, 2.05) is 11.8 Å². The molecule has 0 saturated carbocycles. The number of furan rings is 1. The number of anilines is 1. The highest BCUT2D eigenvalue weighted by atomic mass is 19.1. The lowest BCUT2D eigenvalue weighted by atomic mass is 10.1. The van der Waals surface area contributed by atoms with Crippen molar-refractivity contribution in [2.24, 2.45) is 0 Å². The summed E-state index contributed by atoms with van der Waals surface area (Å²) in [6.45, 7) is 4.17. The average Bonchev–Trinajstić information content (AvgIpc) is 2.78. The molecule has 1 aromatic carbocycles. The molecule has 1 aliphatic heterocycles. The van der Waals surface area contributed by atoms with E-state index in [-0.39, 0.29) is 6.04 Å². The molecule has 0 aliphatic carbocycles. The molecule has 2 aromatic rings. The topological polar surface area (TPSA) is 28.4 Å². The van der Waals surface area contributed by atoms with Crippen LogP contribution in [-0.2, 0) is 0 Å². The maximum Gasteiger partial charge on any atom is 0.163 e. The van der Waals surface area contributed by atoms with Crippen LogP contribution in [0.2, 0.25) is 0 Å². The zero-order valence-electron chi connectivity index (χ0n) is 10.0. The third-order valence-corrected chi connectivity index (χ3v) is 3.30. The summed E-state index contributed by atoms with van der Waals surface area (Å²) < 4.78 is 32.8. The van der Waals surface area contributed by atoms with Gasteiger partial charge in [-0.3, -0.25) is 0 Å². The predicted octanol–water partition coefficient (Wildman–Crippen LogP) is 2.51. The second kappa shape index (κ2) is 4.24. The van der Waals surface area contributed by atoms with E-state index >= 15 is 0 Å². The van der Waals surface area contributed by atoms with Crippen LogP contribution in [0.15, 0.2) is 22.8 Å². The van der Waals surface area contributed by atoms with E-state index < -0.39 is 11.6 Å². The second-order valence-corrected chi connectivity index (χ2v) is 4.65. The van der Waals surface area contributed by atoms with Gasteiger partial charge in [0.25, 0.3) is 0 Å². The molecule has 0 bridgehead atoms. The van der Waals surface area contributed by atoms with Gasteiger partial charge in [0.15, 0.2) is 11.4 Å². The zero-order chi connectivity index (χ0) is 12.7. The number of halogens is 2. The summed E-state index contributed by atoms with van der Waals surface area (Å²) in [6.07, 6.45) is 1.39. The molecule has 0 spiro atoms. The van der Waals surface area contributed by atoms with Gasteiger partial charge in [0.05, 0.1) is 11.6 Å². The molecule has 1 N–H and O–H groups in total. The molecule has 1 unspecified atom stereocenters. The van der Waals surface area contributed by atoms with E-state index in [9.17, 15) is 8.78 Å². The quantitative estimate of drug-likeness (QED) is 0.845. The first kappa shape index (κ1) is 11.5. The van der Waals surface area contributed by atoms with Crippen molar-refractivity contribution in [3.63, 3.8) is 0 Å². The minimum Gasteiger partial charge on any atom is -0.462 e. The van der Waals surface area contributed by atoms with Crippen LogP contribution in [-0.4, -0.2) is 25.7 Å². The Balaban J connectivity index is 2.13. The Morgan fingerprint density at radius 3 is 3.00 bits per heavy atom. The van der Waals surface area contributed by atoms with Gasteiger partial charge in [-0.1, -0.05) is 0 Å². The Bertz CT molecular complexity index is 582. The molecule has 0 amide bonds. The van der Waals surface area contributed by atoms with Crippen molar-refractivity contribution in [1.29, 1.82) is 0 Å². The summed E-state index contributed by atoms with van der Waals surface area (Å²) in [6, 6.07) is 2.73. The summed E-state index contributed by atoms with van der Waals surface area (Å²) in [5.41, 5.74) is 0.659. The van der Waals surface area contributed by atoms with Crippen molar-refractivity contribution in [3.8, 4) is 0 Å². The van der Waals surface area contributed by atoms with Gasteiger partial charge >= 0.3 is 0 Å². The average molecular weight is 252 g/mol. The predicted molar refractivity (Wildman–Crippen MR) is 65.8 cm³/mol. The maximum atomic E-state index is 14.0. The fraction of sp³-hybridized carbons (Fsp3) is 0.385. The van der Waals surface area contributed by atoms with Crippen LogP contribution in [0.25, 0.3) is 11.0 Å². The van der Waals surface area contributed by atoms with Gasteiger partial charge < -0.3 is 14.6 Å². The summed E-state index contributed by atoms with van der Waals surface area (Å²) in [5.74, 6) is -1.15. The second-order valence-electron chi connectivity index (χ2n) is 4.65. The Morgan fingerprint density at radius 2 is 2.22 bits per heavy atom.